The number of aryl methyl sites for hydroxylation is 2. The first-order chi connectivity index (χ1) is 13.1. The highest BCUT2D eigenvalue weighted by molar-refractivity contribution is 7.17. The summed E-state index contributed by atoms with van der Waals surface area (Å²) in [5.74, 6) is 0.438. The van der Waals surface area contributed by atoms with Gasteiger partial charge in [-0.15, -0.1) is 0 Å². The third-order valence-electron chi connectivity index (χ3n) is 4.53. The Hall–Kier alpha value is -2.71. The number of amides is 1. The standard InChI is InChI=1S/C19H21N5O2S/c1-12-11-14(18-21-7-10-26-18)3-4-15(12)23-17(25)16-13(2)22-19(27-16)24-8-5-20-6-9-24/h3-4,7,10-11,20H,5-6,8-9H2,1-2H3,(H,23,25). The number of piperazine rings is 1. The Kier molecular flexibility index (Phi) is 4.91. The summed E-state index contributed by atoms with van der Waals surface area (Å²) in [4.78, 5) is 24.4. The number of benzene rings is 1. The smallest absolute Gasteiger partial charge is 0.267 e. The number of hydrogen-bond donors (Lipinski definition) is 2. The van der Waals surface area contributed by atoms with Gasteiger partial charge in [0.25, 0.3) is 5.91 Å². The molecular formula is C19H21N5O2S. The second-order valence-electron chi connectivity index (χ2n) is 6.47. The van der Waals surface area contributed by atoms with Gasteiger partial charge in [0.2, 0.25) is 5.89 Å². The van der Waals surface area contributed by atoms with Gasteiger partial charge in [0.15, 0.2) is 5.13 Å². The topological polar surface area (TPSA) is 83.3 Å². The number of nitrogens with zero attached hydrogens (tertiary/aromatic N) is 3. The highest BCUT2D eigenvalue weighted by atomic mass is 32.1. The van der Waals surface area contributed by atoms with E-state index < -0.39 is 0 Å². The summed E-state index contributed by atoms with van der Waals surface area (Å²) in [6.07, 6.45) is 3.16. The molecule has 0 spiro atoms. The highest BCUT2D eigenvalue weighted by Crippen LogP contribution is 2.28. The fourth-order valence-corrected chi connectivity index (χ4v) is 4.08. The summed E-state index contributed by atoms with van der Waals surface area (Å²) in [5, 5.41) is 7.24. The third kappa shape index (κ3) is 3.72. The van der Waals surface area contributed by atoms with E-state index in [1.54, 1.807) is 12.5 Å². The lowest BCUT2D eigenvalue weighted by molar-refractivity contribution is 0.102. The minimum Gasteiger partial charge on any atom is -0.445 e. The number of oxazole rings is 1. The van der Waals surface area contributed by atoms with Crippen molar-refractivity contribution in [3.05, 3.63) is 46.8 Å². The highest BCUT2D eigenvalue weighted by Gasteiger charge is 2.20. The maximum absolute atomic E-state index is 12.8. The molecule has 3 heterocycles. The molecule has 1 amide bonds. The monoisotopic (exact) mass is 383 g/mol. The van der Waals surface area contributed by atoms with Crippen LogP contribution in [0.5, 0.6) is 0 Å². The van der Waals surface area contributed by atoms with Gasteiger partial charge in [0.1, 0.15) is 11.1 Å². The predicted octanol–water partition coefficient (Wildman–Crippen LogP) is 3.08. The molecule has 1 fully saturated rings. The molecule has 4 rings (SSSR count). The summed E-state index contributed by atoms with van der Waals surface area (Å²) in [7, 11) is 0. The van der Waals surface area contributed by atoms with E-state index in [0.717, 1.165) is 53.8 Å². The molecule has 1 aromatic carbocycles. The van der Waals surface area contributed by atoms with Crippen LogP contribution in [0.1, 0.15) is 20.9 Å². The van der Waals surface area contributed by atoms with Crippen LogP contribution in [0.25, 0.3) is 11.5 Å². The number of thiazole rings is 1. The molecule has 0 bridgehead atoms. The molecule has 2 N–H and O–H groups in total. The molecule has 7 nitrogen and oxygen atoms in total. The van der Waals surface area contributed by atoms with Crippen LogP contribution >= 0.6 is 11.3 Å². The Morgan fingerprint density at radius 3 is 2.81 bits per heavy atom. The molecule has 0 aliphatic carbocycles. The van der Waals surface area contributed by atoms with E-state index in [-0.39, 0.29) is 5.91 Å². The van der Waals surface area contributed by atoms with Crippen LogP contribution in [0.15, 0.2) is 35.1 Å². The molecule has 2 aromatic heterocycles. The van der Waals surface area contributed by atoms with Gasteiger partial charge in [-0.2, -0.15) is 0 Å². The summed E-state index contributed by atoms with van der Waals surface area (Å²) in [6, 6.07) is 5.72. The molecule has 1 saturated heterocycles. The van der Waals surface area contributed by atoms with E-state index in [4.69, 9.17) is 4.42 Å². The Balaban J connectivity index is 1.51. The van der Waals surface area contributed by atoms with Gasteiger partial charge in [-0.05, 0) is 37.6 Å². The minimum atomic E-state index is -0.127. The van der Waals surface area contributed by atoms with Crippen LogP contribution in [0, 0.1) is 13.8 Å². The molecule has 0 saturated carbocycles. The molecule has 140 valence electrons. The van der Waals surface area contributed by atoms with E-state index in [0.29, 0.717) is 10.8 Å². The zero-order chi connectivity index (χ0) is 18.8. The van der Waals surface area contributed by atoms with Gasteiger partial charge in [0, 0.05) is 37.4 Å². The van der Waals surface area contributed by atoms with Crippen molar-refractivity contribution in [1.29, 1.82) is 0 Å². The van der Waals surface area contributed by atoms with Crippen LogP contribution in [0.3, 0.4) is 0 Å². The van der Waals surface area contributed by atoms with Crippen molar-refractivity contribution in [2.24, 2.45) is 0 Å². The largest absolute Gasteiger partial charge is 0.445 e. The van der Waals surface area contributed by atoms with E-state index in [2.05, 4.69) is 25.5 Å². The summed E-state index contributed by atoms with van der Waals surface area (Å²) in [6.45, 7) is 7.54. The van der Waals surface area contributed by atoms with Crippen LogP contribution in [0.2, 0.25) is 0 Å². The molecule has 3 aromatic rings. The molecule has 1 aliphatic heterocycles. The molecule has 27 heavy (non-hydrogen) atoms. The van der Waals surface area contributed by atoms with Crippen molar-refractivity contribution in [2.75, 3.05) is 36.4 Å². The van der Waals surface area contributed by atoms with Crippen molar-refractivity contribution in [2.45, 2.75) is 13.8 Å². The zero-order valence-electron chi connectivity index (χ0n) is 15.3. The van der Waals surface area contributed by atoms with Crippen LogP contribution in [-0.4, -0.2) is 42.1 Å². The number of anilines is 2. The lowest BCUT2D eigenvalue weighted by Gasteiger charge is -2.26. The van der Waals surface area contributed by atoms with Gasteiger partial charge in [-0.3, -0.25) is 4.79 Å². The number of carbonyl (C=O) groups is 1. The van der Waals surface area contributed by atoms with Crippen LogP contribution in [-0.2, 0) is 0 Å². The SMILES string of the molecule is Cc1cc(-c2ncco2)ccc1NC(=O)c1sc(N2CCNCC2)nc1C. The predicted molar refractivity (Wildman–Crippen MR) is 107 cm³/mol. The number of hydrogen-bond acceptors (Lipinski definition) is 7. The second-order valence-corrected chi connectivity index (χ2v) is 7.45. The number of nitrogens with one attached hydrogen (secondary N) is 2. The minimum absolute atomic E-state index is 0.127. The van der Waals surface area contributed by atoms with Crippen molar-refractivity contribution in [3.63, 3.8) is 0 Å². The van der Waals surface area contributed by atoms with Crippen molar-refractivity contribution in [3.8, 4) is 11.5 Å². The normalized spacial score (nSPS) is 14.4. The Bertz CT molecular complexity index is 945. The Morgan fingerprint density at radius 2 is 2.11 bits per heavy atom. The third-order valence-corrected chi connectivity index (χ3v) is 5.75. The Labute approximate surface area is 161 Å². The zero-order valence-corrected chi connectivity index (χ0v) is 16.1. The number of carbonyl (C=O) groups excluding carboxylic acids is 1. The van der Waals surface area contributed by atoms with Crippen molar-refractivity contribution >= 4 is 28.1 Å². The summed E-state index contributed by atoms with van der Waals surface area (Å²) in [5.41, 5.74) is 3.36. The first kappa shape index (κ1) is 17.7. The van der Waals surface area contributed by atoms with Gasteiger partial charge in [-0.1, -0.05) is 11.3 Å². The summed E-state index contributed by atoms with van der Waals surface area (Å²) < 4.78 is 5.33. The quantitative estimate of drug-likeness (QED) is 0.720. The maximum Gasteiger partial charge on any atom is 0.267 e. The molecule has 0 radical (unpaired) electrons. The van der Waals surface area contributed by atoms with E-state index in [9.17, 15) is 4.79 Å². The maximum atomic E-state index is 12.8. The van der Waals surface area contributed by atoms with Crippen LogP contribution in [0.4, 0.5) is 10.8 Å². The Morgan fingerprint density at radius 1 is 1.30 bits per heavy atom. The first-order valence-corrected chi connectivity index (χ1v) is 9.68. The van der Waals surface area contributed by atoms with Crippen molar-refractivity contribution in [1.82, 2.24) is 15.3 Å². The van der Waals surface area contributed by atoms with E-state index >= 15 is 0 Å². The van der Waals surface area contributed by atoms with Crippen molar-refractivity contribution < 1.29 is 9.21 Å². The molecule has 0 atom stereocenters. The van der Waals surface area contributed by atoms with Crippen LogP contribution < -0.4 is 15.5 Å². The van der Waals surface area contributed by atoms with Gasteiger partial charge >= 0.3 is 0 Å². The fourth-order valence-electron chi connectivity index (χ4n) is 3.07. The van der Waals surface area contributed by atoms with E-state index in [1.807, 2.05) is 32.0 Å². The lowest BCUT2D eigenvalue weighted by Crippen LogP contribution is -2.43. The van der Waals surface area contributed by atoms with Gasteiger partial charge < -0.3 is 20.0 Å². The van der Waals surface area contributed by atoms with Gasteiger partial charge in [-0.25, -0.2) is 9.97 Å². The molecule has 1 aliphatic rings. The summed E-state index contributed by atoms with van der Waals surface area (Å²) >= 11 is 1.45. The average Bonchev–Trinajstić information content (AvgIpc) is 3.34. The lowest BCUT2D eigenvalue weighted by atomic mass is 10.1. The molecule has 8 heteroatoms. The second kappa shape index (κ2) is 7.50. The first-order valence-electron chi connectivity index (χ1n) is 8.87. The molecule has 0 unspecified atom stereocenters. The average molecular weight is 383 g/mol. The number of rotatable bonds is 4. The molecular weight excluding hydrogens is 362 g/mol. The fraction of sp³-hybridized carbons (Fsp3) is 0.316. The van der Waals surface area contributed by atoms with E-state index in [1.165, 1.54) is 11.3 Å². The van der Waals surface area contributed by atoms with Gasteiger partial charge in [0.05, 0.1) is 11.9 Å². The number of aromatic nitrogens is 2.